The van der Waals surface area contributed by atoms with Crippen LogP contribution in [0.4, 0.5) is 5.69 Å². The van der Waals surface area contributed by atoms with Gasteiger partial charge in [0.05, 0.1) is 17.3 Å². The molecule has 1 heterocycles. The molecular formula is C14H18Cl2N2S. The van der Waals surface area contributed by atoms with Gasteiger partial charge in [-0.25, -0.2) is 0 Å². The fraction of sp³-hybridized carbons (Fsp3) is 0.500. The van der Waals surface area contributed by atoms with Crippen molar-refractivity contribution in [1.29, 1.82) is 0 Å². The Hall–Kier alpha value is -0.380. The predicted octanol–water partition coefficient (Wildman–Crippen LogP) is 5.31. The average Bonchev–Trinajstić information content (AvgIpc) is 2.84. The minimum Gasteiger partial charge on any atom is -0.334 e. The van der Waals surface area contributed by atoms with Crippen LogP contribution in [0.15, 0.2) is 23.2 Å². The first-order chi connectivity index (χ1) is 9.13. The van der Waals surface area contributed by atoms with Gasteiger partial charge in [-0.2, -0.15) is 0 Å². The number of benzene rings is 1. The monoisotopic (exact) mass is 316 g/mol. The van der Waals surface area contributed by atoms with Gasteiger partial charge in [-0.3, -0.25) is 4.99 Å². The largest absolute Gasteiger partial charge is 0.334 e. The van der Waals surface area contributed by atoms with E-state index in [2.05, 4.69) is 24.2 Å². The molecule has 1 aliphatic heterocycles. The number of nitrogens with one attached hydrogen (secondary N) is 1. The summed E-state index contributed by atoms with van der Waals surface area (Å²) in [5, 5.41) is 6.14. The van der Waals surface area contributed by atoms with Crippen LogP contribution in [0.5, 0.6) is 0 Å². The third-order valence-corrected chi connectivity index (χ3v) is 5.28. The molecule has 1 aromatic rings. The first-order valence-electron chi connectivity index (χ1n) is 6.57. The van der Waals surface area contributed by atoms with Crippen molar-refractivity contribution in [2.45, 2.75) is 31.9 Å². The lowest BCUT2D eigenvalue weighted by Crippen LogP contribution is -2.17. The van der Waals surface area contributed by atoms with Crippen molar-refractivity contribution in [3.8, 4) is 0 Å². The van der Waals surface area contributed by atoms with Gasteiger partial charge < -0.3 is 5.32 Å². The van der Waals surface area contributed by atoms with Crippen LogP contribution in [0.3, 0.4) is 0 Å². The van der Waals surface area contributed by atoms with Crippen molar-refractivity contribution in [2.75, 3.05) is 11.9 Å². The predicted molar refractivity (Wildman–Crippen MR) is 87.8 cm³/mol. The summed E-state index contributed by atoms with van der Waals surface area (Å²) >= 11 is 13.9. The van der Waals surface area contributed by atoms with Gasteiger partial charge in [-0.05, 0) is 24.1 Å². The summed E-state index contributed by atoms with van der Waals surface area (Å²) in [7, 11) is 0. The fourth-order valence-electron chi connectivity index (χ4n) is 2.23. The van der Waals surface area contributed by atoms with Gasteiger partial charge in [0.25, 0.3) is 0 Å². The molecule has 0 fully saturated rings. The molecule has 1 aliphatic rings. The van der Waals surface area contributed by atoms with Gasteiger partial charge in [0.2, 0.25) is 0 Å². The molecule has 0 aromatic heterocycles. The van der Waals surface area contributed by atoms with Crippen LogP contribution in [0, 0.1) is 5.92 Å². The van der Waals surface area contributed by atoms with E-state index in [4.69, 9.17) is 23.2 Å². The van der Waals surface area contributed by atoms with Crippen LogP contribution in [0.25, 0.3) is 0 Å². The van der Waals surface area contributed by atoms with Gasteiger partial charge in [0, 0.05) is 10.3 Å². The highest BCUT2D eigenvalue weighted by Gasteiger charge is 2.26. The van der Waals surface area contributed by atoms with Gasteiger partial charge in [0.15, 0.2) is 5.17 Å². The number of hydrogen-bond acceptors (Lipinski definition) is 3. The summed E-state index contributed by atoms with van der Waals surface area (Å²) in [6.45, 7) is 5.37. The van der Waals surface area contributed by atoms with E-state index in [1.165, 1.54) is 12.8 Å². The molecule has 0 saturated heterocycles. The second-order valence-corrected chi connectivity index (χ2v) is 6.70. The van der Waals surface area contributed by atoms with E-state index in [0.29, 0.717) is 15.3 Å². The Morgan fingerprint density at radius 2 is 2.11 bits per heavy atom. The summed E-state index contributed by atoms with van der Waals surface area (Å²) in [6.07, 6.45) is 2.41. The van der Waals surface area contributed by atoms with E-state index in [0.717, 1.165) is 23.3 Å². The van der Waals surface area contributed by atoms with Crippen LogP contribution in [0.1, 0.15) is 26.7 Å². The lowest BCUT2D eigenvalue weighted by molar-refractivity contribution is 0.479. The Balaban J connectivity index is 2.00. The molecule has 2 nitrogen and oxygen atoms in total. The second-order valence-electron chi connectivity index (χ2n) is 4.63. The molecule has 0 radical (unpaired) electrons. The topological polar surface area (TPSA) is 24.4 Å². The number of aliphatic imine (C=N–C) groups is 1. The number of halogens is 2. The Kier molecular flexibility index (Phi) is 5.43. The van der Waals surface area contributed by atoms with Gasteiger partial charge in [-0.1, -0.05) is 61.7 Å². The van der Waals surface area contributed by atoms with Gasteiger partial charge in [0.1, 0.15) is 0 Å². The Morgan fingerprint density at radius 1 is 1.37 bits per heavy atom. The molecule has 104 valence electrons. The van der Waals surface area contributed by atoms with Crippen LogP contribution in [0.2, 0.25) is 10.0 Å². The van der Waals surface area contributed by atoms with Gasteiger partial charge in [-0.15, -0.1) is 0 Å². The number of amidine groups is 1. The standard InChI is InChI=1S/C14H18Cl2N2S/c1-3-9(4-2)13-8-17-14(19-13)18-12-7-10(15)5-6-11(12)16/h5-7,9,13H,3-4,8H2,1-2H3,(H,17,18). The first-order valence-corrected chi connectivity index (χ1v) is 8.20. The zero-order chi connectivity index (χ0) is 13.8. The van der Waals surface area contributed by atoms with Crippen molar-refractivity contribution in [3.63, 3.8) is 0 Å². The van der Waals surface area contributed by atoms with Crippen molar-refractivity contribution in [1.82, 2.24) is 0 Å². The molecule has 1 aromatic carbocycles. The van der Waals surface area contributed by atoms with Crippen molar-refractivity contribution in [2.24, 2.45) is 10.9 Å². The molecule has 1 N–H and O–H groups in total. The summed E-state index contributed by atoms with van der Waals surface area (Å²) < 4.78 is 0. The highest BCUT2D eigenvalue weighted by Crippen LogP contribution is 2.33. The third kappa shape index (κ3) is 3.80. The SMILES string of the molecule is CCC(CC)C1CN=C(Nc2cc(Cl)ccc2Cl)S1. The maximum atomic E-state index is 6.14. The molecule has 0 amide bonds. The quantitative estimate of drug-likeness (QED) is 0.813. The Bertz CT molecular complexity index is 473. The number of thioether (sulfide) groups is 1. The molecule has 1 unspecified atom stereocenters. The maximum absolute atomic E-state index is 6.14. The van der Waals surface area contributed by atoms with Crippen LogP contribution in [-0.4, -0.2) is 17.0 Å². The number of anilines is 1. The molecule has 0 saturated carbocycles. The molecule has 0 aliphatic carbocycles. The lowest BCUT2D eigenvalue weighted by Gasteiger charge is -2.18. The molecule has 0 spiro atoms. The van der Waals surface area contributed by atoms with E-state index in [1.807, 2.05) is 17.8 Å². The average molecular weight is 317 g/mol. The number of rotatable bonds is 4. The highest BCUT2D eigenvalue weighted by molar-refractivity contribution is 8.15. The summed E-state index contributed by atoms with van der Waals surface area (Å²) in [6, 6.07) is 5.41. The van der Waals surface area contributed by atoms with Crippen molar-refractivity contribution in [3.05, 3.63) is 28.2 Å². The van der Waals surface area contributed by atoms with Crippen LogP contribution < -0.4 is 5.32 Å². The van der Waals surface area contributed by atoms with Crippen molar-refractivity contribution < 1.29 is 0 Å². The number of nitrogens with zero attached hydrogens (tertiary/aromatic N) is 1. The molecule has 1 atom stereocenters. The van der Waals surface area contributed by atoms with E-state index < -0.39 is 0 Å². The highest BCUT2D eigenvalue weighted by atomic mass is 35.5. The molecular weight excluding hydrogens is 299 g/mol. The fourth-order valence-corrected chi connectivity index (χ4v) is 3.90. The molecule has 0 bridgehead atoms. The van der Waals surface area contributed by atoms with Crippen molar-refractivity contribution >= 4 is 45.8 Å². The van der Waals surface area contributed by atoms with E-state index in [9.17, 15) is 0 Å². The second kappa shape index (κ2) is 6.87. The minimum atomic E-state index is 0.579. The smallest absolute Gasteiger partial charge is 0.161 e. The zero-order valence-corrected chi connectivity index (χ0v) is 13.4. The third-order valence-electron chi connectivity index (χ3n) is 3.42. The van der Waals surface area contributed by atoms with E-state index in [1.54, 1.807) is 12.1 Å². The molecule has 19 heavy (non-hydrogen) atoms. The summed E-state index contributed by atoms with van der Waals surface area (Å²) in [4.78, 5) is 4.57. The normalized spacial score (nSPS) is 18.8. The molecule has 5 heteroatoms. The summed E-state index contributed by atoms with van der Waals surface area (Å²) in [5.41, 5.74) is 0.825. The van der Waals surface area contributed by atoms with Crippen LogP contribution >= 0.6 is 35.0 Å². The summed E-state index contributed by atoms with van der Waals surface area (Å²) in [5.74, 6) is 0.725. The van der Waals surface area contributed by atoms with Crippen LogP contribution in [-0.2, 0) is 0 Å². The van der Waals surface area contributed by atoms with E-state index >= 15 is 0 Å². The van der Waals surface area contributed by atoms with Gasteiger partial charge >= 0.3 is 0 Å². The number of hydrogen-bond donors (Lipinski definition) is 1. The minimum absolute atomic E-state index is 0.579. The Labute approximate surface area is 129 Å². The first kappa shape index (κ1) is 15.0. The zero-order valence-electron chi connectivity index (χ0n) is 11.1. The maximum Gasteiger partial charge on any atom is 0.161 e. The molecule has 2 rings (SSSR count). The lowest BCUT2D eigenvalue weighted by atomic mass is 9.99. The van der Waals surface area contributed by atoms with E-state index in [-0.39, 0.29) is 0 Å². The Morgan fingerprint density at radius 3 is 2.79 bits per heavy atom.